The molecule has 2 aliphatic rings. The quantitative estimate of drug-likeness (QED) is 0.785. The maximum Gasteiger partial charge on any atom is 0.407 e. The Hall–Kier alpha value is -2.37. The Morgan fingerprint density at radius 2 is 1.58 bits per heavy atom. The highest BCUT2D eigenvalue weighted by molar-refractivity contribution is 6.22. The lowest BCUT2D eigenvalue weighted by Gasteiger charge is -2.34. The molecular weight excluding hydrogens is 332 g/mol. The fraction of sp³-hybridized carbons (Fsp3) is 0.550. The molecule has 0 fully saturated rings. The lowest BCUT2D eigenvalue weighted by Crippen LogP contribution is -2.53. The highest BCUT2D eigenvalue weighted by Crippen LogP contribution is 2.28. The van der Waals surface area contributed by atoms with E-state index in [1.807, 2.05) is 32.9 Å². The zero-order valence-corrected chi connectivity index (χ0v) is 16.4. The van der Waals surface area contributed by atoms with Crippen molar-refractivity contribution >= 4 is 17.9 Å². The Morgan fingerprint density at radius 1 is 1.08 bits per heavy atom. The first-order valence-corrected chi connectivity index (χ1v) is 8.83. The van der Waals surface area contributed by atoms with Gasteiger partial charge in [0.25, 0.3) is 11.8 Å². The van der Waals surface area contributed by atoms with Gasteiger partial charge in [0.1, 0.15) is 5.60 Å². The molecule has 0 aromatic heterocycles. The standard InChI is InChI=1S/C20H28N2O4/c1-19(2,3)15(21-18(25)26-20(4,5)6)12-22-16(23)13-10-8-7-9-11-14(13)17(22)24/h8-11,15H,7,12H2,1-6H3,(H,21,25). The van der Waals surface area contributed by atoms with Crippen LogP contribution in [0, 0.1) is 5.41 Å². The minimum Gasteiger partial charge on any atom is -0.444 e. The topological polar surface area (TPSA) is 75.7 Å². The van der Waals surface area contributed by atoms with E-state index in [4.69, 9.17) is 4.74 Å². The zero-order chi connectivity index (χ0) is 19.7. The summed E-state index contributed by atoms with van der Waals surface area (Å²) in [4.78, 5) is 38.8. The van der Waals surface area contributed by atoms with Crippen molar-refractivity contribution in [2.24, 2.45) is 5.41 Å². The van der Waals surface area contributed by atoms with Gasteiger partial charge in [-0.1, -0.05) is 45.1 Å². The van der Waals surface area contributed by atoms with Gasteiger partial charge in [-0.15, -0.1) is 0 Å². The fourth-order valence-electron chi connectivity index (χ4n) is 2.72. The summed E-state index contributed by atoms with van der Waals surface area (Å²) in [5.41, 5.74) is -0.175. The number of amides is 3. The Bertz CT molecular complexity index is 668. The molecule has 1 aliphatic heterocycles. The molecular formula is C20H28N2O4. The molecule has 0 spiro atoms. The van der Waals surface area contributed by atoms with E-state index in [1.54, 1.807) is 32.9 Å². The van der Waals surface area contributed by atoms with Crippen molar-refractivity contribution in [3.63, 3.8) is 0 Å². The number of carbonyl (C=O) groups excluding carboxylic acids is 3. The molecule has 0 aromatic rings. The van der Waals surface area contributed by atoms with Gasteiger partial charge in [0, 0.05) is 0 Å². The number of alkyl carbamates (subject to hydrolysis) is 1. The molecule has 3 amide bonds. The number of imide groups is 1. The molecule has 0 saturated heterocycles. The van der Waals surface area contributed by atoms with Crippen LogP contribution < -0.4 is 5.32 Å². The smallest absolute Gasteiger partial charge is 0.407 e. The van der Waals surface area contributed by atoms with Crippen LogP contribution in [0.15, 0.2) is 35.5 Å². The third-order valence-electron chi connectivity index (χ3n) is 4.18. The number of carbonyl (C=O) groups is 3. The lowest BCUT2D eigenvalue weighted by molar-refractivity contribution is -0.138. The van der Waals surface area contributed by atoms with Crippen molar-refractivity contribution < 1.29 is 19.1 Å². The summed E-state index contributed by atoms with van der Waals surface area (Å²) in [6.07, 6.45) is 7.23. The van der Waals surface area contributed by atoms with E-state index >= 15 is 0 Å². The highest BCUT2D eigenvalue weighted by Gasteiger charge is 2.40. The van der Waals surface area contributed by atoms with E-state index in [2.05, 4.69) is 5.32 Å². The van der Waals surface area contributed by atoms with Gasteiger partial charge in [0.2, 0.25) is 0 Å². The fourth-order valence-corrected chi connectivity index (χ4v) is 2.72. The number of nitrogens with one attached hydrogen (secondary N) is 1. The highest BCUT2D eigenvalue weighted by atomic mass is 16.6. The Labute approximate surface area is 155 Å². The molecule has 1 N–H and O–H groups in total. The van der Waals surface area contributed by atoms with E-state index in [0.29, 0.717) is 17.6 Å². The second-order valence-electron chi connectivity index (χ2n) is 8.65. The summed E-state index contributed by atoms with van der Waals surface area (Å²) in [6, 6.07) is -0.443. The van der Waals surface area contributed by atoms with Crippen molar-refractivity contribution in [1.29, 1.82) is 0 Å². The van der Waals surface area contributed by atoms with Crippen LogP contribution in [0.25, 0.3) is 0 Å². The van der Waals surface area contributed by atoms with Crippen LogP contribution >= 0.6 is 0 Å². The third-order valence-corrected chi connectivity index (χ3v) is 4.18. The molecule has 6 heteroatoms. The van der Waals surface area contributed by atoms with Crippen molar-refractivity contribution in [2.75, 3.05) is 6.54 Å². The summed E-state index contributed by atoms with van der Waals surface area (Å²) in [5.74, 6) is -0.652. The largest absolute Gasteiger partial charge is 0.444 e. The summed E-state index contributed by atoms with van der Waals surface area (Å²) in [5, 5.41) is 2.81. The maximum absolute atomic E-state index is 12.7. The van der Waals surface area contributed by atoms with Crippen LogP contribution in [-0.4, -0.2) is 41.0 Å². The average Bonchev–Trinajstić information content (AvgIpc) is 2.67. The third kappa shape index (κ3) is 4.62. The number of rotatable bonds is 3. The molecule has 2 rings (SSSR count). The molecule has 1 unspecified atom stereocenters. The van der Waals surface area contributed by atoms with Crippen molar-refractivity contribution in [3.05, 3.63) is 35.5 Å². The number of hydrogen-bond acceptors (Lipinski definition) is 4. The van der Waals surface area contributed by atoms with Crippen LogP contribution in [0.3, 0.4) is 0 Å². The second kappa shape index (κ2) is 7.09. The van der Waals surface area contributed by atoms with Gasteiger partial charge in [-0.25, -0.2) is 4.79 Å². The number of allylic oxidation sites excluding steroid dienone is 2. The van der Waals surface area contributed by atoms with Gasteiger partial charge in [-0.2, -0.15) is 0 Å². The first kappa shape index (κ1) is 19.9. The van der Waals surface area contributed by atoms with Gasteiger partial charge in [0.05, 0.1) is 23.7 Å². The monoisotopic (exact) mass is 360 g/mol. The first-order chi connectivity index (χ1) is 11.9. The number of nitrogens with zero attached hydrogens (tertiary/aromatic N) is 1. The van der Waals surface area contributed by atoms with E-state index in [1.165, 1.54) is 4.90 Å². The summed E-state index contributed by atoms with van der Waals surface area (Å²) in [6.45, 7) is 11.3. The van der Waals surface area contributed by atoms with Gasteiger partial charge >= 0.3 is 6.09 Å². The van der Waals surface area contributed by atoms with E-state index in [9.17, 15) is 14.4 Å². The predicted molar refractivity (Wildman–Crippen MR) is 99.3 cm³/mol. The van der Waals surface area contributed by atoms with Crippen LogP contribution in [-0.2, 0) is 14.3 Å². The Morgan fingerprint density at radius 3 is 2.00 bits per heavy atom. The summed E-state index contributed by atoms with van der Waals surface area (Å²) in [7, 11) is 0. The van der Waals surface area contributed by atoms with Crippen molar-refractivity contribution in [1.82, 2.24) is 10.2 Å². The van der Waals surface area contributed by atoms with Gasteiger partial charge in [-0.3, -0.25) is 14.5 Å². The molecule has 6 nitrogen and oxygen atoms in total. The second-order valence-corrected chi connectivity index (χ2v) is 8.65. The molecule has 0 bridgehead atoms. The van der Waals surface area contributed by atoms with Crippen LogP contribution in [0.5, 0.6) is 0 Å². The van der Waals surface area contributed by atoms with Crippen LogP contribution in [0.4, 0.5) is 4.79 Å². The SMILES string of the molecule is CC(C)(C)OC(=O)NC(CN1C(=O)C2=C(C=CCC=C2)C1=O)C(C)(C)C. The van der Waals surface area contributed by atoms with Gasteiger partial charge in [-0.05, 0) is 32.6 Å². The van der Waals surface area contributed by atoms with E-state index in [-0.39, 0.29) is 23.8 Å². The normalized spacial score (nSPS) is 18.8. The molecule has 1 atom stereocenters. The molecule has 1 heterocycles. The van der Waals surface area contributed by atoms with Crippen molar-refractivity contribution in [3.8, 4) is 0 Å². The minimum absolute atomic E-state index is 0.0924. The first-order valence-electron chi connectivity index (χ1n) is 8.83. The minimum atomic E-state index is -0.625. The lowest BCUT2D eigenvalue weighted by atomic mass is 9.86. The van der Waals surface area contributed by atoms with E-state index in [0.717, 1.165) is 0 Å². The molecule has 142 valence electrons. The average molecular weight is 360 g/mol. The predicted octanol–water partition coefficient (Wildman–Crippen LogP) is 3.11. The summed E-state index contributed by atoms with van der Waals surface area (Å²) >= 11 is 0. The Kier molecular flexibility index (Phi) is 5.44. The van der Waals surface area contributed by atoms with Gasteiger partial charge in [0.15, 0.2) is 0 Å². The molecule has 0 aromatic carbocycles. The van der Waals surface area contributed by atoms with Gasteiger partial charge < -0.3 is 10.1 Å². The molecule has 26 heavy (non-hydrogen) atoms. The molecule has 1 aliphatic carbocycles. The Balaban J connectivity index is 2.17. The zero-order valence-electron chi connectivity index (χ0n) is 16.4. The molecule has 0 saturated carbocycles. The number of hydrogen-bond donors (Lipinski definition) is 1. The van der Waals surface area contributed by atoms with Crippen molar-refractivity contribution in [2.45, 2.75) is 59.6 Å². The molecule has 0 radical (unpaired) electrons. The van der Waals surface area contributed by atoms with Crippen LogP contribution in [0.1, 0.15) is 48.0 Å². The van der Waals surface area contributed by atoms with E-state index < -0.39 is 17.7 Å². The summed E-state index contributed by atoms with van der Waals surface area (Å²) < 4.78 is 5.32. The maximum atomic E-state index is 12.7. The van der Waals surface area contributed by atoms with Crippen LogP contribution in [0.2, 0.25) is 0 Å². The number of ether oxygens (including phenoxy) is 1.